The first kappa shape index (κ1) is 13.6. The molecule has 1 N–H and O–H groups in total. The van der Waals surface area contributed by atoms with Crippen LogP contribution in [0.15, 0.2) is 18.3 Å². The third-order valence-corrected chi connectivity index (χ3v) is 2.98. The largest absolute Gasteiger partial charge is 0.469 e. The van der Waals surface area contributed by atoms with E-state index in [2.05, 4.69) is 9.72 Å². The highest BCUT2D eigenvalue weighted by molar-refractivity contribution is 5.73. The van der Waals surface area contributed by atoms with Crippen molar-refractivity contribution in [2.24, 2.45) is 5.92 Å². The Morgan fingerprint density at radius 2 is 2.29 bits per heavy atom. The number of carbonyl (C=O) groups is 1. The van der Waals surface area contributed by atoms with Crippen LogP contribution in [0.1, 0.15) is 26.0 Å². The van der Waals surface area contributed by atoms with E-state index in [-0.39, 0.29) is 12.1 Å². The number of methoxy groups -OCH3 is 1. The molecular weight excluding hydrogens is 225 g/mol. The van der Waals surface area contributed by atoms with Gasteiger partial charge >= 0.3 is 5.97 Å². The summed E-state index contributed by atoms with van der Waals surface area (Å²) >= 11 is 0. The van der Waals surface area contributed by atoms with E-state index in [1.165, 1.54) is 19.2 Å². The molecule has 2 atom stereocenters. The second kappa shape index (κ2) is 5.23. The van der Waals surface area contributed by atoms with E-state index in [9.17, 15) is 14.3 Å². The zero-order valence-corrected chi connectivity index (χ0v) is 10.1. The fourth-order valence-corrected chi connectivity index (χ4v) is 1.71. The molecule has 4 nitrogen and oxygen atoms in total. The van der Waals surface area contributed by atoms with Crippen LogP contribution in [0.25, 0.3) is 0 Å². The molecule has 0 bridgehead atoms. The Bertz CT molecular complexity index is 393. The summed E-state index contributed by atoms with van der Waals surface area (Å²) in [4.78, 5) is 15.3. The summed E-state index contributed by atoms with van der Waals surface area (Å²) in [6.07, 6.45) is 1.29. The normalized spacial score (nSPS) is 16.1. The van der Waals surface area contributed by atoms with Gasteiger partial charge in [-0.2, -0.15) is 0 Å². The quantitative estimate of drug-likeness (QED) is 0.814. The van der Waals surface area contributed by atoms with Crippen LogP contribution >= 0.6 is 0 Å². The molecule has 5 heteroatoms. The highest BCUT2D eigenvalue weighted by atomic mass is 19.1. The number of pyridine rings is 1. The minimum absolute atomic E-state index is 0.263. The van der Waals surface area contributed by atoms with Crippen molar-refractivity contribution in [3.8, 4) is 0 Å². The van der Waals surface area contributed by atoms with Crippen molar-refractivity contribution in [3.05, 3.63) is 29.8 Å². The molecule has 0 radical (unpaired) electrons. The van der Waals surface area contributed by atoms with Gasteiger partial charge in [0.25, 0.3) is 0 Å². The number of esters is 1. The van der Waals surface area contributed by atoms with Crippen LogP contribution in [0.5, 0.6) is 0 Å². The standard InChI is InChI=1S/C12H16FNO3/c1-4-12(16,8(2)11(15)17-3)10-6-5-9(13)7-14-10/h5-8,16H,4H2,1-3H3. The molecule has 1 aromatic rings. The van der Waals surface area contributed by atoms with Gasteiger partial charge in [0.05, 0.1) is 24.9 Å². The minimum Gasteiger partial charge on any atom is -0.469 e. The van der Waals surface area contributed by atoms with Gasteiger partial charge < -0.3 is 9.84 Å². The minimum atomic E-state index is -1.44. The van der Waals surface area contributed by atoms with Gasteiger partial charge in [-0.25, -0.2) is 4.39 Å². The van der Waals surface area contributed by atoms with Crippen LogP contribution in [0.3, 0.4) is 0 Å². The van der Waals surface area contributed by atoms with Gasteiger partial charge in [-0.3, -0.25) is 9.78 Å². The number of rotatable bonds is 4. The molecule has 0 aliphatic carbocycles. The molecule has 0 saturated carbocycles. The Hall–Kier alpha value is -1.49. The molecular formula is C12H16FNO3. The molecule has 0 aromatic carbocycles. The Kier molecular flexibility index (Phi) is 4.17. The molecule has 2 unspecified atom stereocenters. The van der Waals surface area contributed by atoms with Gasteiger partial charge in [-0.15, -0.1) is 0 Å². The summed E-state index contributed by atoms with van der Waals surface area (Å²) in [5, 5.41) is 10.5. The van der Waals surface area contributed by atoms with E-state index in [0.29, 0.717) is 0 Å². The third kappa shape index (κ3) is 2.61. The van der Waals surface area contributed by atoms with E-state index >= 15 is 0 Å². The number of carbonyl (C=O) groups excluding carboxylic acids is 1. The molecule has 0 saturated heterocycles. The number of nitrogens with zero attached hydrogens (tertiary/aromatic N) is 1. The van der Waals surface area contributed by atoms with Crippen LogP contribution in [0.4, 0.5) is 4.39 Å². The number of halogens is 1. The first-order valence-corrected chi connectivity index (χ1v) is 5.38. The highest BCUT2D eigenvalue weighted by Gasteiger charge is 2.40. The summed E-state index contributed by atoms with van der Waals surface area (Å²) in [7, 11) is 1.26. The number of hydrogen-bond donors (Lipinski definition) is 1. The van der Waals surface area contributed by atoms with E-state index in [4.69, 9.17) is 0 Å². The molecule has 1 aromatic heterocycles. The maximum absolute atomic E-state index is 12.8. The zero-order chi connectivity index (χ0) is 13.1. The number of aliphatic hydroxyl groups is 1. The van der Waals surface area contributed by atoms with Crippen LogP contribution < -0.4 is 0 Å². The van der Waals surface area contributed by atoms with Gasteiger partial charge in [-0.05, 0) is 25.5 Å². The van der Waals surface area contributed by atoms with E-state index in [1.807, 2.05) is 0 Å². The molecule has 0 fully saturated rings. The summed E-state index contributed by atoms with van der Waals surface area (Å²) in [6.45, 7) is 3.28. The monoisotopic (exact) mass is 241 g/mol. The zero-order valence-electron chi connectivity index (χ0n) is 10.1. The van der Waals surface area contributed by atoms with Crippen LogP contribution in [0.2, 0.25) is 0 Å². The maximum atomic E-state index is 12.8. The number of hydrogen-bond acceptors (Lipinski definition) is 4. The van der Waals surface area contributed by atoms with Crippen molar-refractivity contribution < 1.29 is 19.0 Å². The molecule has 0 amide bonds. The number of ether oxygens (including phenoxy) is 1. The highest BCUT2D eigenvalue weighted by Crippen LogP contribution is 2.32. The van der Waals surface area contributed by atoms with Crippen molar-refractivity contribution >= 4 is 5.97 Å². The molecule has 0 aliphatic heterocycles. The number of aromatic nitrogens is 1. The topological polar surface area (TPSA) is 59.4 Å². The molecule has 0 spiro atoms. The predicted octanol–water partition coefficient (Wildman–Crippen LogP) is 1.63. The first-order chi connectivity index (χ1) is 7.95. The SMILES string of the molecule is CCC(O)(c1ccc(F)cn1)C(C)C(=O)OC. The van der Waals surface area contributed by atoms with Crippen molar-refractivity contribution in [1.82, 2.24) is 4.98 Å². The van der Waals surface area contributed by atoms with Gasteiger partial charge in [0, 0.05) is 0 Å². The second-order valence-corrected chi connectivity index (χ2v) is 3.88. The fourth-order valence-electron chi connectivity index (χ4n) is 1.71. The van der Waals surface area contributed by atoms with E-state index in [1.54, 1.807) is 13.8 Å². The van der Waals surface area contributed by atoms with Crippen molar-refractivity contribution in [3.63, 3.8) is 0 Å². The summed E-state index contributed by atoms with van der Waals surface area (Å²) in [5.74, 6) is -1.78. The Balaban J connectivity index is 3.11. The summed E-state index contributed by atoms with van der Waals surface area (Å²) in [5.41, 5.74) is -1.18. The van der Waals surface area contributed by atoms with Gasteiger partial charge in [-0.1, -0.05) is 6.92 Å². The Morgan fingerprint density at radius 3 is 2.71 bits per heavy atom. The average molecular weight is 241 g/mol. The van der Waals surface area contributed by atoms with E-state index < -0.39 is 23.3 Å². The van der Waals surface area contributed by atoms with Gasteiger partial charge in [0.2, 0.25) is 0 Å². The predicted molar refractivity (Wildman–Crippen MR) is 59.6 cm³/mol. The summed E-state index contributed by atoms with van der Waals surface area (Å²) in [6, 6.07) is 2.57. The fraction of sp³-hybridized carbons (Fsp3) is 0.500. The van der Waals surface area contributed by atoms with Crippen LogP contribution in [0, 0.1) is 11.7 Å². The van der Waals surface area contributed by atoms with E-state index in [0.717, 1.165) is 6.20 Å². The molecule has 1 heterocycles. The average Bonchev–Trinajstić information content (AvgIpc) is 2.36. The van der Waals surface area contributed by atoms with Crippen molar-refractivity contribution in [1.29, 1.82) is 0 Å². The first-order valence-electron chi connectivity index (χ1n) is 5.38. The van der Waals surface area contributed by atoms with Gasteiger partial charge in [0.15, 0.2) is 0 Å². The van der Waals surface area contributed by atoms with Crippen molar-refractivity contribution in [2.45, 2.75) is 25.9 Å². The van der Waals surface area contributed by atoms with Crippen LogP contribution in [-0.4, -0.2) is 23.2 Å². The molecule has 94 valence electrons. The third-order valence-electron chi connectivity index (χ3n) is 2.98. The Labute approximate surface area is 99.4 Å². The van der Waals surface area contributed by atoms with Gasteiger partial charge in [0.1, 0.15) is 11.4 Å². The smallest absolute Gasteiger partial charge is 0.311 e. The Morgan fingerprint density at radius 1 is 1.65 bits per heavy atom. The lowest BCUT2D eigenvalue weighted by molar-refractivity contribution is -0.156. The molecule has 17 heavy (non-hydrogen) atoms. The lowest BCUT2D eigenvalue weighted by Gasteiger charge is -2.30. The molecule has 1 rings (SSSR count). The maximum Gasteiger partial charge on any atom is 0.311 e. The summed E-state index contributed by atoms with van der Waals surface area (Å²) < 4.78 is 17.4. The van der Waals surface area contributed by atoms with Crippen LogP contribution in [-0.2, 0) is 15.1 Å². The van der Waals surface area contributed by atoms with Crippen molar-refractivity contribution in [2.75, 3.05) is 7.11 Å². The molecule has 0 aliphatic rings. The lowest BCUT2D eigenvalue weighted by Crippen LogP contribution is -2.39. The lowest BCUT2D eigenvalue weighted by atomic mass is 9.83. The second-order valence-electron chi connectivity index (χ2n) is 3.88.